The fourth-order valence-electron chi connectivity index (χ4n) is 3.24. The molecule has 0 spiro atoms. The molecule has 1 aliphatic carbocycles. The van der Waals surface area contributed by atoms with Gasteiger partial charge in [-0.25, -0.2) is 4.79 Å². The van der Waals surface area contributed by atoms with E-state index in [1.54, 1.807) is 0 Å². The van der Waals surface area contributed by atoms with Crippen molar-refractivity contribution >= 4 is 11.9 Å². The van der Waals surface area contributed by atoms with Crippen LogP contribution >= 0.6 is 0 Å². The predicted molar refractivity (Wildman–Crippen MR) is 68.0 cm³/mol. The molecule has 2 aliphatic rings. The molecule has 1 saturated heterocycles. The fraction of sp³-hybridized carbons (Fsp3) is 0.857. The number of amides is 1. The summed E-state index contributed by atoms with van der Waals surface area (Å²) in [5.74, 6) is -0.112. The number of carbonyl (C=O) groups is 2. The summed E-state index contributed by atoms with van der Waals surface area (Å²) in [6.07, 6.45) is 9.35. The molecule has 0 N–H and O–H groups in total. The number of carbonyl (C=O) groups excluding carboxylic acids is 2. The van der Waals surface area contributed by atoms with Crippen molar-refractivity contribution in [2.24, 2.45) is 0 Å². The van der Waals surface area contributed by atoms with Gasteiger partial charge in [0.2, 0.25) is 5.91 Å². The van der Waals surface area contributed by atoms with Gasteiger partial charge in [0, 0.05) is 12.5 Å². The summed E-state index contributed by atoms with van der Waals surface area (Å²) < 4.78 is 4.83. The Bertz CT molecular complexity index is 308. The van der Waals surface area contributed by atoms with Crippen molar-refractivity contribution in [1.29, 1.82) is 0 Å². The molecule has 1 atom stereocenters. The fourth-order valence-corrected chi connectivity index (χ4v) is 3.24. The molecule has 4 heteroatoms. The summed E-state index contributed by atoms with van der Waals surface area (Å²) in [4.78, 5) is 25.6. The molecule has 1 saturated carbocycles. The van der Waals surface area contributed by atoms with Crippen LogP contribution in [0.5, 0.6) is 0 Å². The lowest BCUT2D eigenvalue weighted by Gasteiger charge is -2.33. The number of methoxy groups -OCH3 is 1. The molecular formula is C14H23NO3. The summed E-state index contributed by atoms with van der Waals surface area (Å²) >= 11 is 0. The highest BCUT2D eigenvalue weighted by molar-refractivity contribution is 5.88. The summed E-state index contributed by atoms with van der Waals surface area (Å²) in [7, 11) is 1.40. The maximum atomic E-state index is 12.0. The van der Waals surface area contributed by atoms with Gasteiger partial charge in [-0.15, -0.1) is 0 Å². The average Bonchev–Trinajstić information content (AvgIpc) is 2.70. The summed E-state index contributed by atoms with van der Waals surface area (Å²) in [6, 6.07) is -0.0728. The van der Waals surface area contributed by atoms with Gasteiger partial charge in [0.05, 0.1) is 7.11 Å². The molecule has 1 unspecified atom stereocenters. The topological polar surface area (TPSA) is 46.6 Å². The minimum Gasteiger partial charge on any atom is -0.467 e. The molecule has 0 aromatic heterocycles. The van der Waals surface area contributed by atoms with Gasteiger partial charge in [0.25, 0.3) is 0 Å². The zero-order valence-electron chi connectivity index (χ0n) is 11.2. The smallest absolute Gasteiger partial charge is 0.328 e. The SMILES string of the molecule is COC(=O)C1CCC(=O)N1C1CCCCCCC1. The van der Waals surface area contributed by atoms with Crippen LogP contribution in [0.25, 0.3) is 0 Å². The minimum atomic E-state index is -0.327. The quantitative estimate of drug-likeness (QED) is 0.709. The van der Waals surface area contributed by atoms with E-state index in [1.165, 1.54) is 39.2 Å². The van der Waals surface area contributed by atoms with Crippen LogP contribution in [0.4, 0.5) is 0 Å². The molecule has 1 heterocycles. The van der Waals surface area contributed by atoms with Crippen LogP contribution in [0.15, 0.2) is 0 Å². The van der Waals surface area contributed by atoms with Crippen molar-refractivity contribution in [3.05, 3.63) is 0 Å². The molecule has 0 aromatic rings. The first-order valence-corrected chi connectivity index (χ1v) is 7.13. The number of hydrogen-bond acceptors (Lipinski definition) is 3. The molecule has 0 radical (unpaired) electrons. The lowest BCUT2D eigenvalue weighted by atomic mass is 9.95. The second-order valence-corrected chi connectivity index (χ2v) is 5.38. The molecule has 0 bridgehead atoms. The zero-order valence-corrected chi connectivity index (χ0v) is 11.2. The van der Waals surface area contributed by atoms with Crippen LogP contribution in [0.2, 0.25) is 0 Å². The number of esters is 1. The molecule has 0 aromatic carbocycles. The maximum Gasteiger partial charge on any atom is 0.328 e. The Balaban J connectivity index is 2.06. The zero-order chi connectivity index (χ0) is 13.0. The van der Waals surface area contributed by atoms with E-state index in [9.17, 15) is 9.59 Å². The van der Waals surface area contributed by atoms with E-state index in [0.29, 0.717) is 12.8 Å². The Morgan fingerprint density at radius 3 is 2.33 bits per heavy atom. The van der Waals surface area contributed by atoms with Gasteiger partial charge in [-0.3, -0.25) is 4.79 Å². The third kappa shape index (κ3) is 2.85. The van der Waals surface area contributed by atoms with E-state index >= 15 is 0 Å². The molecule has 1 aliphatic heterocycles. The van der Waals surface area contributed by atoms with Crippen molar-refractivity contribution in [3.63, 3.8) is 0 Å². The lowest BCUT2D eigenvalue weighted by Crippen LogP contribution is -2.46. The molecule has 102 valence electrons. The number of nitrogens with zero attached hydrogens (tertiary/aromatic N) is 1. The Hall–Kier alpha value is -1.06. The van der Waals surface area contributed by atoms with Crippen molar-refractivity contribution in [2.75, 3.05) is 7.11 Å². The minimum absolute atomic E-state index is 0.135. The van der Waals surface area contributed by atoms with Gasteiger partial charge in [-0.05, 0) is 19.3 Å². The predicted octanol–water partition coefficient (Wildman–Crippen LogP) is 2.26. The van der Waals surface area contributed by atoms with Crippen molar-refractivity contribution in [2.45, 2.75) is 69.9 Å². The van der Waals surface area contributed by atoms with E-state index in [4.69, 9.17) is 4.74 Å². The van der Waals surface area contributed by atoms with Gasteiger partial charge in [-0.2, -0.15) is 0 Å². The van der Waals surface area contributed by atoms with Crippen LogP contribution in [0.3, 0.4) is 0 Å². The highest BCUT2D eigenvalue weighted by Gasteiger charge is 2.40. The van der Waals surface area contributed by atoms with Crippen molar-refractivity contribution < 1.29 is 14.3 Å². The average molecular weight is 253 g/mol. The summed E-state index contributed by atoms with van der Waals surface area (Å²) in [5, 5.41) is 0. The lowest BCUT2D eigenvalue weighted by molar-refractivity contribution is -0.151. The maximum absolute atomic E-state index is 12.0. The largest absolute Gasteiger partial charge is 0.467 e. The Labute approximate surface area is 109 Å². The third-order valence-corrected chi connectivity index (χ3v) is 4.20. The Kier molecular flexibility index (Phi) is 4.61. The molecular weight excluding hydrogens is 230 g/mol. The Morgan fingerprint density at radius 2 is 1.72 bits per heavy atom. The van der Waals surface area contributed by atoms with E-state index in [1.807, 2.05) is 4.90 Å². The number of ether oxygens (including phenoxy) is 1. The van der Waals surface area contributed by atoms with Crippen molar-refractivity contribution in [1.82, 2.24) is 4.90 Å². The molecule has 2 rings (SSSR count). The number of hydrogen-bond donors (Lipinski definition) is 0. The first-order chi connectivity index (χ1) is 8.74. The third-order valence-electron chi connectivity index (χ3n) is 4.20. The highest BCUT2D eigenvalue weighted by atomic mass is 16.5. The van der Waals surface area contributed by atoms with E-state index in [-0.39, 0.29) is 24.0 Å². The molecule has 1 amide bonds. The van der Waals surface area contributed by atoms with Crippen LogP contribution in [0.1, 0.15) is 57.8 Å². The van der Waals surface area contributed by atoms with Crippen LogP contribution < -0.4 is 0 Å². The summed E-state index contributed by atoms with van der Waals surface area (Å²) in [6.45, 7) is 0. The van der Waals surface area contributed by atoms with Gasteiger partial charge in [0.15, 0.2) is 0 Å². The standard InChI is InChI=1S/C14H23NO3/c1-18-14(17)12-9-10-13(16)15(12)11-7-5-3-2-4-6-8-11/h11-12H,2-10H2,1H3. The highest BCUT2D eigenvalue weighted by Crippen LogP contribution is 2.29. The van der Waals surface area contributed by atoms with Crippen LogP contribution in [-0.2, 0) is 14.3 Å². The van der Waals surface area contributed by atoms with Gasteiger partial charge in [-0.1, -0.05) is 32.1 Å². The molecule has 18 heavy (non-hydrogen) atoms. The van der Waals surface area contributed by atoms with Gasteiger partial charge in [0.1, 0.15) is 6.04 Å². The van der Waals surface area contributed by atoms with E-state index < -0.39 is 0 Å². The van der Waals surface area contributed by atoms with E-state index in [2.05, 4.69) is 0 Å². The van der Waals surface area contributed by atoms with Crippen LogP contribution in [-0.4, -0.2) is 36.0 Å². The first-order valence-electron chi connectivity index (χ1n) is 7.13. The monoisotopic (exact) mass is 253 g/mol. The first kappa shape index (κ1) is 13.4. The second-order valence-electron chi connectivity index (χ2n) is 5.38. The van der Waals surface area contributed by atoms with E-state index in [0.717, 1.165) is 12.8 Å². The van der Waals surface area contributed by atoms with Crippen molar-refractivity contribution in [3.8, 4) is 0 Å². The normalized spacial score (nSPS) is 26.8. The Morgan fingerprint density at radius 1 is 1.11 bits per heavy atom. The van der Waals surface area contributed by atoms with Gasteiger partial charge >= 0.3 is 5.97 Å². The molecule has 2 fully saturated rings. The number of rotatable bonds is 2. The second kappa shape index (κ2) is 6.21. The molecule has 4 nitrogen and oxygen atoms in total. The summed E-state index contributed by atoms with van der Waals surface area (Å²) in [5.41, 5.74) is 0. The van der Waals surface area contributed by atoms with Gasteiger partial charge < -0.3 is 9.64 Å². The van der Waals surface area contributed by atoms with Crippen LogP contribution in [0, 0.1) is 0 Å². The number of likely N-dealkylation sites (tertiary alicyclic amines) is 1.